The minimum absolute atomic E-state index is 0.206. The molecular formula is C19H17F3N4. The van der Waals surface area contributed by atoms with Crippen LogP contribution in [0.4, 0.5) is 30.5 Å². The van der Waals surface area contributed by atoms with Crippen molar-refractivity contribution >= 4 is 17.3 Å². The summed E-state index contributed by atoms with van der Waals surface area (Å²) in [6.07, 6.45) is 0.894. The Hall–Kier alpha value is -3.09. The molecule has 0 fully saturated rings. The van der Waals surface area contributed by atoms with E-state index >= 15 is 0 Å². The molecule has 0 aliphatic heterocycles. The minimum Gasteiger partial charge on any atom is -0.370 e. The van der Waals surface area contributed by atoms with Crippen molar-refractivity contribution < 1.29 is 13.2 Å². The van der Waals surface area contributed by atoms with Crippen molar-refractivity contribution in [2.45, 2.75) is 13.3 Å². The van der Waals surface area contributed by atoms with Crippen molar-refractivity contribution in [3.05, 3.63) is 66.0 Å². The van der Waals surface area contributed by atoms with Gasteiger partial charge in [-0.3, -0.25) is 0 Å². The van der Waals surface area contributed by atoms with Crippen molar-refractivity contribution in [1.82, 2.24) is 9.97 Å². The lowest BCUT2D eigenvalue weighted by Crippen LogP contribution is -2.06. The fourth-order valence-corrected chi connectivity index (χ4v) is 2.33. The molecule has 26 heavy (non-hydrogen) atoms. The molecule has 0 atom stereocenters. The third-order valence-electron chi connectivity index (χ3n) is 3.61. The van der Waals surface area contributed by atoms with Crippen LogP contribution in [0.2, 0.25) is 0 Å². The van der Waals surface area contributed by atoms with Gasteiger partial charge in [-0.15, -0.1) is 0 Å². The van der Waals surface area contributed by atoms with Crippen molar-refractivity contribution in [3.63, 3.8) is 0 Å². The van der Waals surface area contributed by atoms with E-state index in [0.29, 0.717) is 18.2 Å². The molecule has 0 aliphatic rings. The molecule has 2 N–H and O–H groups in total. The average molecular weight is 358 g/mol. The lowest BCUT2D eigenvalue weighted by Gasteiger charge is -2.12. The van der Waals surface area contributed by atoms with E-state index in [0.717, 1.165) is 24.1 Å². The van der Waals surface area contributed by atoms with E-state index in [1.54, 1.807) is 6.07 Å². The van der Waals surface area contributed by atoms with E-state index in [9.17, 15) is 13.2 Å². The summed E-state index contributed by atoms with van der Waals surface area (Å²) < 4.78 is 40.5. The summed E-state index contributed by atoms with van der Waals surface area (Å²) in [5.74, 6) is -2.83. The summed E-state index contributed by atoms with van der Waals surface area (Å²) >= 11 is 0. The largest absolute Gasteiger partial charge is 0.370 e. The Morgan fingerprint density at radius 1 is 0.885 bits per heavy atom. The van der Waals surface area contributed by atoms with Gasteiger partial charge in [0, 0.05) is 18.2 Å². The third kappa shape index (κ3) is 3.93. The lowest BCUT2D eigenvalue weighted by atomic mass is 10.2. The second-order valence-corrected chi connectivity index (χ2v) is 5.60. The highest BCUT2D eigenvalue weighted by Gasteiger charge is 2.15. The SMILES string of the molecule is CCCNc1cc(Nc2ccc(F)c(F)c2F)nc(-c2ccccc2)n1. The zero-order valence-electron chi connectivity index (χ0n) is 14.1. The average Bonchev–Trinajstić information content (AvgIpc) is 2.67. The van der Waals surface area contributed by atoms with Crippen LogP contribution in [0.1, 0.15) is 13.3 Å². The first-order chi connectivity index (χ1) is 12.6. The fraction of sp³-hybridized carbons (Fsp3) is 0.158. The van der Waals surface area contributed by atoms with Crippen molar-refractivity contribution in [1.29, 1.82) is 0 Å². The first kappa shape index (κ1) is 17.7. The second-order valence-electron chi connectivity index (χ2n) is 5.60. The molecule has 0 radical (unpaired) electrons. The monoisotopic (exact) mass is 358 g/mol. The zero-order valence-corrected chi connectivity index (χ0v) is 14.1. The topological polar surface area (TPSA) is 49.8 Å². The van der Waals surface area contributed by atoms with Gasteiger partial charge in [-0.25, -0.2) is 23.1 Å². The van der Waals surface area contributed by atoms with Crippen LogP contribution in [-0.4, -0.2) is 16.5 Å². The minimum atomic E-state index is -1.53. The van der Waals surface area contributed by atoms with Gasteiger partial charge in [-0.1, -0.05) is 37.3 Å². The summed E-state index contributed by atoms with van der Waals surface area (Å²) in [5, 5.41) is 5.84. The molecule has 4 nitrogen and oxygen atoms in total. The highest BCUT2D eigenvalue weighted by molar-refractivity contribution is 5.65. The molecule has 134 valence electrons. The van der Waals surface area contributed by atoms with Gasteiger partial charge in [0.05, 0.1) is 5.69 Å². The zero-order chi connectivity index (χ0) is 18.5. The number of hydrogen-bond donors (Lipinski definition) is 2. The van der Waals surface area contributed by atoms with Crippen molar-refractivity contribution in [2.24, 2.45) is 0 Å². The molecule has 1 aromatic heterocycles. The van der Waals surface area contributed by atoms with E-state index in [1.807, 2.05) is 37.3 Å². The predicted molar refractivity (Wildman–Crippen MR) is 95.8 cm³/mol. The molecule has 0 aliphatic carbocycles. The molecule has 0 unspecified atom stereocenters. The Kier molecular flexibility index (Phi) is 5.36. The molecule has 0 amide bonds. The Morgan fingerprint density at radius 3 is 2.35 bits per heavy atom. The number of aromatic nitrogens is 2. The number of benzene rings is 2. The highest BCUT2D eigenvalue weighted by atomic mass is 19.2. The number of anilines is 3. The number of nitrogens with one attached hydrogen (secondary N) is 2. The molecule has 3 aromatic rings. The highest BCUT2D eigenvalue weighted by Crippen LogP contribution is 2.26. The molecular weight excluding hydrogens is 341 g/mol. The van der Waals surface area contributed by atoms with Gasteiger partial charge in [0.1, 0.15) is 11.6 Å². The number of hydrogen-bond acceptors (Lipinski definition) is 4. The van der Waals surface area contributed by atoms with Crippen LogP contribution in [0.15, 0.2) is 48.5 Å². The van der Waals surface area contributed by atoms with Gasteiger partial charge in [0.15, 0.2) is 23.3 Å². The van der Waals surface area contributed by atoms with Crippen LogP contribution < -0.4 is 10.6 Å². The van der Waals surface area contributed by atoms with E-state index in [4.69, 9.17) is 0 Å². The standard InChI is InChI=1S/C19H17F3N4/c1-2-10-23-15-11-16(24-14-9-8-13(20)17(21)18(14)22)26-19(25-15)12-6-4-3-5-7-12/h3-9,11H,2,10H2,1H3,(H2,23,24,25,26). The summed E-state index contributed by atoms with van der Waals surface area (Å²) in [4.78, 5) is 8.80. The molecule has 3 rings (SSSR count). The second kappa shape index (κ2) is 7.86. The maximum Gasteiger partial charge on any atom is 0.196 e. The summed E-state index contributed by atoms with van der Waals surface area (Å²) in [6.45, 7) is 2.71. The van der Waals surface area contributed by atoms with Gasteiger partial charge in [0.25, 0.3) is 0 Å². The third-order valence-corrected chi connectivity index (χ3v) is 3.61. The number of rotatable bonds is 6. The predicted octanol–water partition coefficient (Wildman–Crippen LogP) is 5.13. The maximum absolute atomic E-state index is 13.9. The van der Waals surface area contributed by atoms with E-state index in [2.05, 4.69) is 20.6 Å². The van der Waals surface area contributed by atoms with Crippen LogP contribution in [0.25, 0.3) is 11.4 Å². The van der Waals surface area contributed by atoms with Gasteiger partial charge < -0.3 is 10.6 Å². The first-order valence-electron chi connectivity index (χ1n) is 8.17. The van der Waals surface area contributed by atoms with Crippen molar-refractivity contribution in [2.75, 3.05) is 17.2 Å². The van der Waals surface area contributed by atoms with Crippen molar-refractivity contribution in [3.8, 4) is 11.4 Å². The first-order valence-corrected chi connectivity index (χ1v) is 8.17. The van der Waals surface area contributed by atoms with E-state index in [-0.39, 0.29) is 11.5 Å². The molecule has 0 saturated carbocycles. The van der Waals surface area contributed by atoms with Gasteiger partial charge >= 0.3 is 0 Å². The van der Waals surface area contributed by atoms with E-state index < -0.39 is 17.5 Å². The Balaban J connectivity index is 1.99. The molecule has 0 bridgehead atoms. The summed E-state index contributed by atoms with van der Waals surface area (Å²) in [7, 11) is 0. The van der Waals surface area contributed by atoms with Crippen LogP contribution in [0.3, 0.4) is 0 Å². The van der Waals surface area contributed by atoms with Crippen LogP contribution in [0, 0.1) is 17.5 Å². The smallest absolute Gasteiger partial charge is 0.196 e. The molecule has 2 aromatic carbocycles. The molecule has 0 spiro atoms. The molecule has 0 saturated heterocycles. The van der Waals surface area contributed by atoms with Crippen LogP contribution in [0.5, 0.6) is 0 Å². The fourth-order valence-electron chi connectivity index (χ4n) is 2.33. The molecule has 1 heterocycles. The van der Waals surface area contributed by atoms with Gasteiger partial charge in [0.2, 0.25) is 0 Å². The normalized spacial score (nSPS) is 10.6. The summed E-state index contributed by atoms with van der Waals surface area (Å²) in [5.41, 5.74) is 0.574. The maximum atomic E-state index is 13.9. The van der Waals surface area contributed by atoms with Crippen LogP contribution in [-0.2, 0) is 0 Å². The van der Waals surface area contributed by atoms with Crippen LogP contribution >= 0.6 is 0 Å². The molecule has 7 heteroatoms. The Morgan fingerprint density at radius 2 is 1.62 bits per heavy atom. The van der Waals surface area contributed by atoms with Gasteiger partial charge in [-0.2, -0.15) is 0 Å². The summed E-state index contributed by atoms with van der Waals surface area (Å²) in [6, 6.07) is 12.8. The Labute approximate surface area is 149 Å². The Bertz CT molecular complexity index is 901. The van der Waals surface area contributed by atoms with Gasteiger partial charge in [-0.05, 0) is 18.6 Å². The quantitative estimate of drug-likeness (QED) is 0.600. The lowest BCUT2D eigenvalue weighted by molar-refractivity contribution is 0.449. The van der Waals surface area contributed by atoms with E-state index in [1.165, 1.54) is 0 Å². The number of nitrogens with zero attached hydrogens (tertiary/aromatic N) is 2. The number of halogens is 3.